The minimum Gasteiger partial charge on any atom is -0.465 e. The normalized spacial score (nSPS) is 20.4. The fourth-order valence-corrected chi connectivity index (χ4v) is 1.15. The van der Waals surface area contributed by atoms with Crippen LogP contribution in [0.4, 0.5) is 18.0 Å². The standard InChI is InChI=1S/C6H9F3N2O2/c7-6(8,9)11-3-1-10(2-4-11)5(12)13/h1-4H2,(H,12,13). The number of hydrogen-bond donors (Lipinski definition) is 1. The molecular weight excluding hydrogens is 189 g/mol. The summed E-state index contributed by atoms with van der Waals surface area (Å²) in [4.78, 5) is 11.6. The molecule has 0 atom stereocenters. The van der Waals surface area contributed by atoms with Gasteiger partial charge in [-0.25, -0.2) is 9.69 Å². The van der Waals surface area contributed by atoms with Crippen LogP contribution >= 0.6 is 0 Å². The largest absolute Gasteiger partial charge is 0.465 e. The third-order valence-electron chi connectivity index (χ3n) is 1.91. The average Bonchev–Trinajstić information content (AvgIpc) is 2.03. The van der Waals surface area contributed by atoms with Crippen molar-refractivity contribution >= 4 is 6.09 Å². The molecule has 7 heteroatoms. The summed E-state index contributed by atoms with van der Waals surface area (Å²) in [5.41, 5.74) is 0. The van der Waals surface area contributed by atoms with Crippen LogP contribution in [0.1, 0.15) is 0 Å². The maximum absolute atomic E-state index is 12.0. The maximum atomic E-state index is 12.0. The van der Waals surface area contributed by atoms with Gasteiger partial charge in [0.1, 0.15) is 0 Å². The number of nitrogens with zero attached hydrogens (tertiary/aromatic N) is 2. The van der Waals surface area contributed by atoms with Gasteiger partial charge >= 0.3 is 12.4 Å². The summed E-state index contributed by atoms with van der Waals surface area (Å²) in [7, 11) is 0. The molecule has 76 valence electrons. The van der Waals surface area contributed by atoms with E-state index >= 15 is 0 Å². The van der Waals surface area contributed by atoms with Crippen molar-refractivity contribution < 1.29 is 23.1 Å². The first-order valence-electron chi connectivity index (χ1n) is 3.71. The summed E-state index contributed by atoms with van der Waals surface area (Å²) in [5, 5.41) is 8.45. The lowest BCUT2D eigenvalue weighted by atomic mass is 10.3. The van der Waals surface area contributed by atoms with Gasteiger partial charge in [0.2, 0.25) is 0 Å². The number of alkyl halides is 3. The summed E-state index contributed by atoms with van der Waals surface area (Å²) < 4.78 is 36.1. The van der Waals surface area contributed by atoms with Crippen LogP contribution in [0.25, 0.3) is 0 Å². The number of carboxylic acid groups (broad SMARTS) is 1. The Hall–Kier alpha value is -0.980. The third-order valence-corrected chi connectivity index (χ3v) is 1.91. The van der Waals surface area contributed by atoms with Crippen LogP contribution in [-0.2, 0) is 0 Å². The quantitative estimate of drug-likeness (QED) is 0.585. The minimum atomic E-state index is -4.34. The lowest BCUT2D eigenvalue weighted by Crippen LogP contribution is -2.53. The SMILES string of the molecule is O=C(O)N1CCN(C(F)(F)F)CC1. The lowest BCUT2D eigenvalue weighted by molar-refractivity contribution is -0.251. The van der Waals surface area contributed by atoms with Crippen molar-refractivity contribution in [2.75, 3.05) is 26.2 Å². The molecule has 1 aliphatic heterocycles. The van der Waals surface area contributed by atoms with Crippen molar-refractivity contribution in [2.24, 2.45) is 0 Å². The summed E-state index contributed by atoms with van der Waals surface area (Å²) in [6.45, 7) is -0.741. The Morgan fingerprint density at radius 1 is 1.15 bits per heavy atom. The predicted molar refractivity (Wildman–Crippen MR) is 37.2 cm³/mol. The highest BCUT2D eigenvalue weighted by Crippen LogP contribution is 2.22. The Morgan fingerprint density at radius 2 is 1.62 bits per heavy atom. The highest BCUT2D eigenvalue weighted by Gasteiger charge is 2.39. The van der Waals surface area contributed by atoms with E-state index in [1.165, 1.54) is 0 Å². The number of amides is 1. The molecule has 4 nitrogen and oxygen atoms in total. The van der Waals surface area contributed by atoms with Crippen LogP contribution in [-0.4, -0.2) is 53.5 Å². The highest BCUT2D eigenvalue weighted by molar-refractivity contribution is 5.65. The molecule has 0 aromatic heterocycles. The predicted octanol–water partition coefficient (Wildman–Crippen LogP) is 0.802. The fraction of sp³-hybridized carbons (Fsp3) is 0.833. The van der Waals surface area contributed by atoms with Gasteiger partial charge in [-0.15, -0.1) is 0 Å². The molecule has 0 spiro atoms. The molecule has 1 saturated heterocycles. The second kappa shape index (κ2) is 3.41. The Kier molecular flexibility index (Phi) is 2.65. The van der Waals surface area contributed by atoms with Gasteiger partial charge in [-0.2, -0.15) is 13.2 Å². The third kappa shape index (κ3) is 2.48. The van der Waals surface area contributed by atoms with Gasteiger partial charge in [-0.05, 0) is 0 Å². The molecule has 1 N–H and O–H groups in total. The van der Waals surface area contributed by atoms with Crippen molar-refractivity contribution in [3.05, 3.63) is 0 Å². The van der Waals surface area contributed by atoms with Gasteiger partial charge < -0.3 is 10.0 Å². The van der Waals surface area contributed by atoms with Crippen LogP contribution in [0, 0.1) is 0 Å². The number of carbonyl (C=O) groups is 1. The molecule has 13 heavy (non-hydrogen) atoms. The van der Waals surface area contributed by atoms with Crippen molar-refractivity contribution in [3.63, 3.8) is 0 Å². The van der Waals surface area contributed by atoms with E-state index in [2.05, 4.69) is 0 Å². The van der Waals surface area contributed by atoms with Gasteiger partial charge in [0.05, 0.1) is 0 Å². The smallest absolute Gasteiger partial charge is 0.460 e. The monoisotopic (exact) mass is 198 g/mol. The Morgan fingerprint density at radius 3 is 1.92 bits per heavy atom. The van der Waals surface area contributed by atoms with Gasteiger partial charge in [-0.1, -0.05) is 0 Å². The molecule has 0 radical (unpaired) electrons. The Labute approximate surface area is 72.5 Å². The van der Waals surface area contributed by atoms with Crippen molar-refractivity contribution in [3.8, 4) is 0 Å². The zero-order valence-electron chi connectivity index (χ0n) is 6.71. The van der Waals surface area contributed by atoms with Gasteiger partial charge in [0.15, 0.2) is 0 Å². The number of halogens is 3. The molecule has 1 amide bonds. The van der Waals surface area contributed by atoms with Gasteiger partial charge in [0.25, 0.3) is 0 Å². The molecule has 0 aromatic carbocycles. The zero-order valence-corrected chi connectivity index (χ0v) is 6.71. The number of hydrogen-bond acceptors (Lipinski definition) is 2. The molecule has 1 fully saturated rings. The second-order valence-electron chi connectivity index (χ2n) is 2.72. The first kappa shape index (κ1) is 10.1. The molecule has 0 unspecified atom stereocenters. The molecule has 1 heterocycles. The fourth-order valence-electron chi connectivity index (χ4n) is 1.15. The van der Waals surface area contributed by atoms with Gasteiger partial charge in [0, 0.05) is 26.2 Å². The second-order valence-corrected chi connectivity index (χ2v) is 2.72. The molecule has 0 saturated carbocycles. The van der Waals surface area contributed by atoms with Crippen molar-refractivity contribution in [1.29, 1.82) is 0 Å². The summed E-state index contributed by atoms with van der Waals surface area (Å²) in [6, 6.07) is 0. The highest BCUT2D eigenvalue weighted by atomic mass is 19.4. The van der Waals surface area contributed by atoms with Crippen molar-refractivity contribution in [2.45, 2.75) is 6.30 Å². The number of rotatable bonds is 0. The zero-order chi connectivity index (χ0) is 10.1. The van der Waals surface area contributed by atoms with Crippen molar-refractivity contribution in [1.82, 2.24) is 9.80 Å². The molecule has 1 aliphatic rings. The minimum absolute atomic E-state index is 0.0884. The van der Waals surface area contributed by atoms with Crippen LogP contribution in [0.5, 0.6) is 0 Å². The molecule has 0 bridgehead atoms. The lowest BCUT2D eigenvalue weighted by Gasteiger charge is -2.33. The van der Waals surface area contributed by atoms with E-state index in [4.69, 9.17) is 5.11 Å². The molecule has 1 rings (SSSR count). The van der Waals surface area contributed by atoms with E-state index in [0.29, 0.717) is 4.90 Å². The molecule has 0 aromatic rings. The topological polar surface area (TPSA) is 43.8 Å². The van der Waals surface area contributed by atoms with Crippen LogP contribution in [0.2, 0.25) is 0 Å². The number of piperazine rings is 1. The summed E-state index contributed by atoms with van der Waals surface area (Å²) >= 11 is 0. The average molecular weight is 198 g/mol. The first-order chi connectivity index (χ1) is 5.91. The maximum Gasteiger partial charge on any atom is 0.460 e. The molecule has 0 aliphatic carbocycles. The van der Waals surface area contributed by atoms with E-state index in [0.717, 1.165) is 4.90 Å². The van der Waals surface area contributed by atoms with Gasteiger partial charge in [-0.3, -0.25) is 0 Å². The Bertz CT molecular complexity index is 199. The van der Waals surface area contributed by atoms with E-state index in [-0.39, 0.29) is 26.2 Å². The van der Waals surface area contributed by atoms with E-state index < -0.39 is 12.4 Å². The van der Waals surface area contributed by atoms with Crippen LogP contribution in [0.15, 0.2) is 0 Å². The van der Waals surface area contributed by atoms with Crippen LogP contribution < -0.4 is 0 Å². The Balaban J connectivity index is 2.44. The van der Waals surface area contributed by atoms with E-state index in [9.17, 15) is 18.0 Å². The van der Waals surface area contributed by atoms with E-state index in [1.807, 2.05) is 0 Å². The summed E-state index contributed by atoms with van der Waals surface area (Å²) in [6.07, 6.45) is -5.51. The van der Waals surface area contributed by atoms with Crippen LogP contribution in [0.3, 0.4) is 0 Å². The summed E-state index contributed by atoms with van der Waals surface area (Å²) in [5.74, 6) is 0. The van der Waals surface area contributed by atoms with E-state index in [1.54, 1.807) is 0 Å². The first-order valence-corrected chi connectivity index (χ1v) is 3.71. The molecular formula is C6H9F3N2O2.